The first-order chi connectivity index (χ1) is 7.19. The van der Waals surface area contributed by atoms with Gasteiger partial charge in [-0.05, 0) is 36.9 Å². The molecule has 0 bridgehead atoms. The van der Waals surface area contributed by atoms with Crippen molar-refractivity contribution in [2.24, 2.45) is 0 Å². The summed E-state index contributed by atoms with van der Waals surface area (Å²) in [6.07, 6.45) is 0. The number of nitriles is 1. The van der Waals surface area contributed by atoms with Crippen LogP contribution in [0, 0.1) is 10.7 Å². The molecule has 0 amide bonds. The summed E-state index contributed by atoms with van der Waals surface area (Å²) < 4.78 is 4.85. The predicted molar refractivity (Wildman–Crippen MR) is 58.3 cm³/mol. The number of anilines is 1. The molecule has 1 rings (SSSR count). The van der Waals surface area contributed by atoms with Crippen molar-refractivity contribution < 1.29 is 9.53 Å². The van der Waals surface area contributed by atoms with Gasteiger partial charge in [-0.25, -0.2) is 4.79 Å². The van der Waals surface area contributed by atoms with E-state index >= 15 is 0 Å². The second-order valence-electron chi connectivity index (χ2n) is 2.67. The topological polar surface area (TPSA) is 76.1 Å². The van der Waals surface area contributed by atoms with E-state index in [2.05, 4.69) is 0 Å². The fourth-order valence-corrected chi connectivity index (χ4v) is 1.54. The number of hydrogen-bond donors (Lipinski definition) is 1. The van der Waals surface area contributed by atoms with Gasteiger partial charge in [-0.2, -0.15) is 5.26 Å². The molecule has 0 spiro atoms. The van der Waals surface area contributed by atoms with Gasteiger partial charge in [0.1, 0.15) is 5.40 Å². The van der Waals surface area contributed by atoms with Crippen molar-refractivity contribution in [2.45, 2.75) is 11.8 Å². The molecule has 4 nitrogen and oxygen atoms in total. The summed E-state index contributed by atoms with van der Waals surface area (Å²) in [6, 6.07) is 4.79. The SMILES string of the molecule is CCOC(=O)c1cc(N)ccc1SC#N. The summed E-state index contributed by atoms with van der Waals surface area (Å²) in [4.78, 5) is 12.1. The number of benzene rings is 1. The van der Waals surface area contributed by atoms with Crippen LogP contribution in [0.25, 0.3) is 0 Å². The molecule has 5 heteroatoms. The molecule has 0 heterocycles. The van der Waals surface area contributed by atoms with Crippen molar-refractivity contribution in [3.63, 3.8) is 0 Å². The molecule has 0 aliphatic carbocycles. The summed E-state index contributed by atoms with van der Waals surface area (Å²) >= 11 is 0.914. The second-order valence-corrected chi connectivity index (χ2v) is 3.50. The largest absolute Gasteiger partial charge is 0.462 e. The van der Waals surface area contributed by atoms with Gasteiger partial charge in [-0.15, -0.1) is 0 Å². The summed E-state index contributed by atoms with van der Waals surface area (Å²) in [6.45, 7) is 2.02. The van der Waals surface area contributed by atoms with Crippen LogP contribution in [0.4, 0.5) is 5.69 Å². The highest BCUT2D eigenvalue weighted by molar-refractivity contribution is 8.03. The van der Waals surface area contributed by atoms with E-state index in [0.29, 0.717) is 22.8 Å². The first kappa shape index (κ1) is 11.4. The zero-order chi connectivity index (χ0) is 11.3. The first-order valence-corrected chi connectivity index (χ1v) is 5.13. The zero-order valence-electron chi connectivity index (χ0n) is 8.19. The van der Waals surface area contributed by atoms with Crippen LogP contribution in [0.15, 0.2) is 23.1 Å². The Morgan fingerprint density at radius 1 is 1.67 bits per heavy atom. The standard InChI is InChI=1S/C10H10N2O2S/c1-2-14-10(13)8-5-7(12)3-4-9(8)15-6-11/h3-5H,2,12H2,1H3. The minimum absolute atomic E-state index is 0.296. The van der Waals surface area contributed by atoms with Gasteiger partial charge in [0.05, 0.1) is 12.2 Å². The van der Waals surface area contributed by atoms with E-state index in [4.69, 9.17) is 15.7 Å². The van der Waals surface area contributed by atoms with E-state index < -0.39 is 5.97 Å². The summed E-state index contributed by atoms with van der Waals surface area (Å²) in [7, 11) is 0. The van der Waals surface area contributed by atoms with Crippen molar-refractivity contribution in [1.29, 1.82) is 5.26 Å². The molecule has 15 heavy (non-hydrogen) atoms. The molecule has 0 unspecified atom stereocenters. The van der Waals surface area contributed by atoms with E-state index in [1.165, 1.54) is 6.07 Å². The maximum atomic E-state index is 11.5. The van der Waals surface area contributed by atoms with Crippen LogP contribution in [0.3, 0.4) is 0 Å². The first-order valence-electron chi connectivity index (χ1n) is 4.31. The van der Waals surface area contributed by atoms with Gasteiger partial charge < -0.3 is 10.5 Å². The Balaban J connectivity index is 3.07. The Morgan fingerprint density at radius 3 is 3.00 bits per heavy atom. The van der Waals surface area contributed by atoms with E-state index in [0.717, 1.165) is 11.8 Å². The molecular weight excluding hydrogens is 212 g/mol. The van der Waals surface area contributed by atoms with E-state index in [1.807, 2.05) is 5.40 Å². The Labute approximate surface area is 92.0 Å². The van der Waals surface area contributed by atoms with Crippen molar-refractivity contribution in [3.8, 4) is 5.40 Å². The number of carbonyl (C=O) groups excluding carboxylic acids is 1. The van der Waals surface area contributed by atoms with Crippen LogP contribution in [-0.4, -0.2) is 12.6 Å². The molecular formula is C10H10N2O2S. The Morgan fingerprint density at radius 2 is 2.40 bits per heavy atom. The molecule has 78 valence electrons. The lowest BCUT2D eigenvalue weighted by molar-refractivity contribution is 0.0522. The van der Waals surface area contributed by atoms with Crippen molar-refractivity contribution >= 4 is 23.4 Å². The summed E-state index contributed by atoms with van der Waals surface area (Å²) in [5.41, 5.74) is 6.37. The minimum Gasteiger partial charge on any atom is -0.462 e. The number of ether oxygens (including phenoxy) is 1. The van der Waals surface area contributed by atoms with Crippen LogP contribution < -0.4 is 5.73 Å². The third-order valence-electron chi connectivity index (χ3n) is 1.65. The number of carbonyl (C=O) groups is 1. The van der Waals surface area contributed by atoms with Crippen molar-refractivity contribution in [2.75, 3.05) is 12.3 Å². The highest BCUT2D eigenvalue weighted by atomic mass is 32.2. The Bertz CT molecular complexity index is 412. The van der Waals surface area contributed by atoms with E-state index in [1.54, 1.807) is 19.1 Å². The molecule has 0 radical (unpaired) electrons. The van der Waals surface area contributed by atoms with Crippen molar-refractivity contribution in [3.05, 3.63) is 23.8 Å². The smallest absolute Gasteiger partial charge is 0.339 e. The van der Waals surface area contributed by atoms with Crippen LogP contribution in [-0.2, 0) is 4.74 Å². The van der Waals surface area contributed by atoms with Gasteiger partial charge in [-0.1, -0.05) is 0 Å². The van der Waals surface area contributed by atoms with Gasteiger partial charge in [0, 0.05) is 10.6 Å². The molecule has 1 aromatic carbocycles. The molecule has 0 aromatic heterocycles. The lowest BCUT2D eigenvalue weighted by Crippen LogP contribution is -2.06. The summed E-state index contributed by atoms with van der Waals surface area (Å²) in [5, 5.41) is 10.5. The number of thioether (sulfide) groups is 1. The zero-order valence-corrected chi connectivity index (χ0v) is 9.00. The van der Waals surface area contributed by atoms with Crippen LogP contribution in [0.5, 0.6) is 0 Å². The number of nitrogens with zero attached hydrogens (tertiary/aromatic N) is 1. The average Bonchev–Trinajstić information content (AvgIpc) is 2.21. The molecule has 0 aliphatic heterocycles. The van der Waals surface area contributed by atoms with Crippen LogP contribution in [0.1, 0.15) is 17.3 Å². The van der Waals surface area contributed by atoms with Gasteiger partial charge in [0.15, 0.2) is 0 Å². The maximum Gasteiger partial charge on any atom is 0.339 e. The number of hydrogen-bond acceptors (Lipinski definition) is 5. The molecule has 0 saturated carbocycles. The van der Waals surface area contributed by atoms with Crippen molar-refractivity contribution in [1.82, 2.24) is 0 Å². The Hall–Kier alpha value is -1.67. The lowest BCUT2D eigenvalue weighted by atomic mass is 10.2. The number of rotatable bonds is 3. The van der Waals surface area contributed by atoms with Gasteiger partial charge >= 0.3 is 5.97 Å². The second kappa shape index (κ2) is 5.27. The molecule has 1 aromatic rings. The van der Waals surface area contributed by atoms with Gasteiger partial charge in [0.25, 0.3) is 0 Å². The monoisotopic (exact) mass is 222 g/mol. The van der Waals surface area contributed by atoms with Crippen LogP contribution in [0.2, 0.25) is 0 Å². The molecule has 0 fully saturated rings. The molecule has 0 saturated heterocycles. The third-order valence-corrected chi connectivity index (χ3v) is 2.32. The Kier molecular flexibility index (Phi) is 4.01. The van der Waals surface area contributed by atoms with Gasteiger partial charge in [0.2, 0.25) is 0 Å². The maximum absolute atomic E-state index is 11.5. The average molecular weight is 222 g/mol. The highest BCUT2D eigenvalue weighted by Crippen LogP contribution is 2.24. The predicted octanol–water partition coefficient (Wildman–Crippen LogP) is 2.02. The van der Waals surface area contributed by atoms with Gasteiger partial charge in [-0.3, -0.25) is 0 Å². The minimum atomic E-state index is -0.456. The molecule has 0 aliphatic rings. The molecule has 0 atom stereocenters. The third kappa shape index (κ3) is 2.89. The quantitative estimate of drug-likeness (QED) is 0.366. The lowest BCUT2D eigenvalue weighted by Gasteiger charge is -2.06. The number of esters is 1. The molecule has 2 N–H and O–H groups in total. The van der Waals surface area contributed by atoms with E-state index in [9.17, 15) is 4.79 Å². The van der Waals surface area contributed by atoms with E-state index in [-0.39, 0.29) is 0 Å². The normalized spacial score (nSPS) is 9.33. The number of nitrogens with two attached hydrogens (primary N) is 1. The number of nitrogen functional groups attached to an aromatic ring is 1. The fraction of sp³-hybridized carbons (Fsp3) is 0.200. The summed E-state index contributed by atoms with van der Waals surface area (Å²) in [5.74, 6) is -0.456. The number of thiocyanates is 1. The van der Waals surface area contributed by atoms with Crippen LogP contribution >= 0.6 is 11.8 Å². The highest BCUT2D eigenvalue weighted by Gasteiger charge is 2.13. The fourth-order valence-electron chi connectivity index (χ4n) is 1.05.